The minimum absolute atomic E-state index is 0.0447. The molecule has 3 amide bonds. The summed E-state index contributed by atoms with van der Waals surface area (Å²) in [6.07, 6.45) is 1.53. The number of nitrogens with zero attached hydrogens (tertiary/aromatic N) is 1. The fourth-order valence-corrected chi connectivity index (χ4v) is 3.43. The van der Waals surface area contributed by atoms with Gasteiger partial charge in [-0.1, -0.05) is 6.07 Å². The average Bonchev–Trinajstić information content (AvgIpc) is 2.87. The van der Waals surface area contributed by atoms with Gasteiger partial charge in [0.1, 0.15) is 11.8 Å². The number of ether oxygens (including phenoxy) is 2. The fourth-order valence-electron chi connectivity index (χ4n) is 2.52. The van der Waals surface area contributed by atoms with E-state index in [2.05, 4.69) is 5.32 Å². The van der Waals surface area contributed by atoms with Crippen LogP contribution in [0.1, 0.15) is 19.4 Å². The molecule has 0 aromatic heterocycles. The predicted molar refractivity (Wildman–Crippen MR) is 94.5 cm³/mol. The van der Waals surface area contributed by atoms with E-state index in [4.69, 9.17) is 9.47 Å². The second-order valence-corrected chi connectivity index (χ2v) is 6.57. The third-order valence-electron chi connectivity index (χ3n) is 3.77. The maximum atomic E-state index is 12.5. The van der Waals surface area contributed by atoms with E-state index in [1.807, 2.05) is 0 Å². The summed E-state index contributed by atoms with van der Waals surface area (Å²) < 4.78 is 10.1. The molecular formula is C17H16N2O6S. The summed E-state index contributed by atoms with van der Waals surface area (Å²) in [5.41, 5.74) is 1.11. The van der Waals surface area contributed by atoms with E-state index >= 15 is 0 Å². The van der Waals surface area contributed by atoms with Crippen LogP contribution in [-0.2, 0) is 19.1 Å². The van der Waals surface area contributed by atoms with Gasteiger partial charge in [0.05, 0.1) is 17.2 Å². The van der Waals surface area contributed by atoms with Crippen LogP contribution in [0.25, 0.3) is 6.08 Å². The molecular weight excluding hydrogens is 360 g/mol. The SMILES string of the molecule is CCOC(=O)C(C)N1C(=O)S/C(=C\c2ccc3c(c2)NC(=O)CO3)C1=O. The molecule has 0 saturated carbocycles. The molecule has 9 heteroatoms. The summed E-state index contributed by atoms with van der Waals surface area (Å²) in [5, 5.41) is 2.15. The number of rotatable bonds is 4. The highest BCUT2D eigenvalue weighted by molar-refractivity contribution is 8.18. The zero-order chi connectivity index (χ0) is 18.8. The Labute approximate surface area is 153 Å². The molecule has 1 aromatic rings. The van der Waals surface area contributed by atoms with Gasteiger partial charge in [0.25, 0.3) is 17.1 Å². The minimum Gasteiger partial charge on any atom is -0.482 e. The maximum Gasteiger partial charge on any atom is 0.329 e. The molecule has 1 aromatic carbocycles. The van der Waals surface area contributed by atoms with E-state index in [0.29, 0.717) is 17.0 Å². The van der Waals surface area contributed by atoms with E-state index in [9.17, 15) is 19.2 Å². The first-order chi connectivity index (χ1) is 12.4. The Kier molecular flexibility index (Phi) is 4.99. The summed E-state index contributed by atoms with van der Waals surface area (Å²) in [4.78, 5) is 49.0. The van der Waals surface area contributed by atoms with Crippen molar-refractivity contribution < 1.29 is 28.7 Å². The van der Waals surface area contributed by atoms with E-state index in [1.54, 1.807) is 25.1 Å². The molecule has 8 nitrogen and oxygen atoms in total. The topological polar surface area (TPSA) is 102 Å². The Morgan fingerprint density at radius 3 is 2.92 bits per heavy atom. The highest BCUT2D eigenvalue weighted by Gasteiger charge is 2.41. The van der Waals surface area contributed by atoms with Gasteiger partial charge in [-0.3, -0.25) is 19.3 Å². The number of imide groups is 1. The molecule has 1 unspecified atom stereocenters. The highest BCUT2D eigenvalue weighted by Crippen LogP contribution is 2.35. The van der Waals surface area contributed by atoms with Gasteiger partial charge in [-0.15, -0.1) is 0 Å². The zero-order valence-corrected chi connectivity index (χ0v) is 14.9. The molecule has 2 aliphatic rings. The summed E-state index contributed by atoms with van der Waals surface area (Å²) >= 11 is 0.751. The molecule has 1 saturated heterocycles. The fraction of sp³-hybridized carbons (Fsp3) is 0.294. The summed E-state index contributed by atoms with van der Waals surface area (Å²) in [6.45, 7) is 3.22. The summed E-state index contributed by atoms with van der Waals surface area (Å²) in [5.74, 6) is -0.924. The molecule has 136 valence electrons. The van der Waals surface area contributed by atoms with Crippen LogP contribution in [0.15, 0.2) is 23.1 Å². The lowest BCUT2D eigenvalue weighted by atomic mass is 10.1. The number of anilines is 1. The first kappa shape index (κ1) is 18.0. The van der Waals surface area contributed by atoms with Crippen LogP contribution in [0.4, 0.5) is 10.5 Å². The number of hydrogen-bond donors (Lipinski definition) is 1. The molecule has 2 aliphatic heterocycles. The van der Waals surface area contributed by atoms with E-state index in [0.717, 1.165) is 16.7 Å². The van der Waals surface area contributed by atoms with Crippen molar-refractivity contribution in [1.29, 1.82) is 0 Å². The number of nitrogens with one attached hydrogen (secondary N) is 1. The molecule has 0 radical (unpaired) electrons. The van der Waals surface area contributed by atoms with E-state index in [-0.39, 0.29) is 24.0 Å². The van der Waals surface area contributed by atoms with Crippen LogP contribution in [0, 0.1) is 0 Å². The Bertz CT molecular complexity index is 835. The lowest BCUT2D eigenvalue weighted by Crippen LogP contribution is -2.42. The monoisotopic (exact) mass is 376 g/mol. The summed E-state index contributed by atoms with van der Waals surface area (Å²) in [7, 11) is 0. The number of amides is 3. The Hall–Kier alpha value is -2.81. The van der Waals surface area contributed by atoms with Crippen molar-refractivity contribution in [3.63, 3.8) is 0 Å². The molecule has 1 N–H and O–H groups in total. The smallest absolute Gasteiger partial charge is 0.329 e. The largest absolute Gasteiger partial charge is 0.482 e. The van der Waals surface area contributed by atoms with Crippen molar-refractivity contribution in [1.82, 2.24) is 4.90 Å². The van der Waals surface area contributed by atoms with Crippen LogP contribution in [0.2, 0.25) is 0 Å². The van der Waals surface area contributed by atoms with Gasteiger partial charge in [0.15, 0.2) is 6.61 Å². The second kappa shape index (κ2) is 7.20. The Morgan fingerprint density at radius 1 is 1.42 bits per heavy atom. The first-order valence-electron chi connectivity index (χ1n) is 7.91. The van der Waals surface area contributed by atoms with Crippen molar-refractivity contribution in [3.8, 4) is 5.75 Å². The number of esters is 1. The van der Waals surface area contributed by atoms with Gasteiger partial charge in [-0.25, -0.2) is 4.79 Å². The van der Waals surface area contributed by atoms with Gasteiger partial charge in [-0.2, -0.15) is 0 Å². The number of thioether (sulfide) groups is 1. The number of fused-ring (bicyclic) bond motifs is 1. The second-order valence-electron chi connectivity index (χ2n) is 5.57. The maximum absolute atomic E-state index is 12.5. The van der Waals surface area contributed by atoms with Crippen LogP contribution < -0.4 is 10.1 Å². The van der Waals surface area contributed by atoms with Gasteiger partial charge < -0.3 is 14.8 Å². The van der Waals surface area contributed by atoms with Crippen LogP contribution >= 0.6 is 11.8 Å². The highest BCUT2D eigenvalue weighted by atomic mass is 32.2. The van der Waals surface area contributed by atoms with Gasteiger partial charge in [0.2, 0.25) is 0 Å². The molecule has 26 heavy (non-hydrogen) atoms. The molecule has 0 spiro atoms. The molecule has 2 heterocycles. The standard InChI is InChI=1S/C17H16N2O6S/c1-3-24-16(22)9(2)19-15(21)13(26-17(19)23)7-10-4-5-12-11(6-10)18-14(20)8-25-12/h4-7,9H,3,8H2,1-2H3,(H,18,20)/b13-7-. The molecule has 0 aliphatic carbocycles. The quantitative estimate of drug-likeness (QED) is 0.633. The minimum atomic E-state index is -0.996. The lowest BCUT2D eigenvalue weighted by Gasteiger charge is -2.19. The number of carbonyl (C=O) groups excluding carboxylic acids is 4. The van der Waals surface area contributed by atoms with Crippen LogP contribution in [0.3, 0.4) is 0 Å². The average molecular weight is 376 g/mol. The van der Waals surface area contributed by atoms with Crippen molar-refractivity contribution in [2.24, 2.45) is 0 Å². The van der Waals surface area contributed by atoms with Crippen LogP contribution in [0.5, 0.6) is 5.75 Å². The van der Waals surface area contributed by atoms with Crippen molar-refractivity contribution in [3.05, 3.63) is 28.7 Å². The van der Waals surface area contributed by atoms with Crippen molar-refractivity contribution >= 4 is 46.5 Å². The van der Waals surface area contributed by atoms with E-state index in [1.165, 1.54) is 13.0 Å². The number of hydrogen-bond acceptors (Lipinski definition) is 7. The third kappa shape index (κ3) is 3.43. The van der Waals surface area contributed by atoms with Crippen LogP contribution in [-0.4, -0.2) is 47.2 Å². The lowest BCUT2D eigenvalue weighted by molar-refractivity contribution is -0.150. The Morgan fingerprint density at radius 2 is 2.19 bits per heavy atom. The molecule has 0 bridgehead atoms. The molecule has 1 atom stereocenters. The summed E-state index contributed by atoms with van der Waals surface area (Å²) in [6, 6.07) is 4.03. The van der Waals surface area contributed by atoms with Gasteiger partial charge in [0, 0.05) is 0 Å². The molecule has 3 rings (SSSR count). The van der Waals surface area contributed by atoms with E-state index < -0.39 is 23.2 Å². The van der Waals surface area contributed by atoms with Crippen molar-refractivity contribution in [2.75, 3.05) is 18.5 Å². The normalized spacial score (nSPS) is 19.1. The third-order valence-corrected chi connectivity index (χ3v) is 4.66. The Balaban J connectivity index is 1.83. The number of benzene rings is 1. The van der Waals surface area contributed by atoms with Gasteiger partial charge >= 0.3 is 5.97 Å². The zero-order valence-electron chi connectivity index (χ0n) is 14.1. The molecule has 1 fully saturated rings. The van der Waals surface area contributed by atoms with Gasteiger partial charge in [-0.05, 0) is 49.4 Å². The predicted octanol–water partition coefficient (Wildman–Crippen LogP) is 2.01. The number of carbonyl (C=O) groups is 4. The van der Waals surface area contributed by atoms with Crippen molar-refractivity contribution in [2.45, 2.75) is 19.9 Å². The first-order valence-corrected chi connectivity index (χ1v) is 8.72.